The van der Waals surface area contributed by atoms with Gasteiger partial charge in [0.15, 0.2) is 0 Å². The van der Waals surface area contributed by atoms with Crippen molar-refractivity contribution in [1.82, 2.24) is 5.32 Å². The van der Waals surface area contributed by atoms with Crippen molar-refractivity contribution in [1.29, 1.82) is 0 Å². The molecule has 0 aliphatic heterocycles. The van der Waals surface area contributed by atoms with E-state index in [1.165, 1.54) is 5.56 Å². The number of nitrogens with one attached hydrogen (secondary N) is 1. The van der Waals surface area contributed by atoms with E-state index < -0.39 is 6.10 Å². The number of rotatable bonds is 6. The van der Waals surface area contributed by atoms with E-state index in [9.17, 15) is 5.11 Å². The second-order valence-corrected chi connectivity index (χ2v) is 4.62. The van der Waals surface area contributed by atoms with E-state index in [-0.39, 0.29) is 0 Å². The molecule has 0 fully saturated rings. The van der Waals surface area contributed by atoms with Crippen LogP contribution in [-0.4, -0.2) is 18.2 Å². The smallest absolute Gasteiger partial charge is 0.0914 e. The predicted molar refractivity (Wildman–Crippen MR) is 90.2 cm³/mol. The third-order valence-corrected chi connectivity index (χ3v) is 3.09. The van der Waals surface area contributed by atoms with E-state index in [2.05, 4.69) is 5.32 Å². The number of hydrogen-bond acceptors (Lipinski definition) is 3. The maximum atomic E-state index is 9.98. The first-order chi connectivity index (χ1) is 10.3. The molecule has 0 saturated heterocycles. The van der Waals surface area contributed by atoms with Crippen LogP contribution in [0.15, 0.2) is 54.6 Å². The molecule has 3 heteroatoms. The van der Waals surface area contributed by atoms with E-state index in [0.29, 0.717) is 6.54 Å². The summed E-state index contributed by atoms with van der Waals surface area (Å²) in [6, 6.07) is 17.6. The molecule has 2 aromatic rings. The highest BCUT2D eigenvalue weighted by Crippen LogP contribution is 2.10. The SMILES string of the molecule is CC.Nc1ccc(CCNCC(O)c2ccccc2)cc1. The Morgan fingerprint density at radius 3 is 2.24 bits per heavy atom. The Balaban J connectivity index is 0.00000106. The van der Waals surface area contributed by atoms with Crippen LogP contribution in [0.1, 0.15) is 31.1 Å². The van der Waals surface area contributed by atoms with Gasteiger partial charge in [-0.3, -0.25) is 0 Å². The Labute approximate surface area is 127 Å². The quantitative estimate of drug-likeness (QED) is 0.565. The number of nitrogens with two attached hydrogens (primary N) is 1. The second kappa shape index (κ2) is 9.97. The fourth-order valence-electron chi connectivity index (χ4n) is 1.95. The van der Waals surface area contributed by atoms with Crippen molar-refractivity contribution in [2.75, 3.05) is 18.8 Å². The molecular weight excluding hydrogens is 260 g/mol. The summed E-state index contributed by atoms with van der Waals surface area (Å²) in [4.78, 5) is 0. The molecule has 0 bridgehead atoms. The van der Waals surface area contributed by atoms with Crippen molar-refractivity contribution >= 4 is 5.69 Å². The number of nitrogen functional groups attached to an aromatic ring is 1. The van der Waals surface area contributed by atoms with Crippen LogP contribution in [0.5, 0.6) is 0 Å². The molecule has 1 atom stereocenters. The van der Waals surface area contributed by atoms with Crippen LogP contribution >= 0.6 is 0 Å². The minimum Gasteiger partial charge on any atom is -0.399 e. The lowest BCUT2D eigenvalue weighted by Crippen LogP contribution is -2.23. The lowest BCUT2D eigenvalue weighted by molar-refractivity contribution is 0.175. The van der Waals surface area contributed by atoms with Gasteiger partial charge in [0.25, 0.3) is 0 Å². The molecule has 2 rings (SSSR count). The van der Waals surface area contributed by atoms with Gasteiger partial charge in [-0.1, -0.05) is 56.3 Å². The normalized spacial score (nSPS) is 11.4. The largest absolute Gasteiger partial charge is 0.399 e. The van der Waals surface area contributed by atoms with Crippen molar-refractivity contribution in [2.24, 2.45) is 0 Å². The first-order valence-electron chi connectivity index (χ1n) is 7.54. The van der Waals surface area contributed by atoms with Gasteiger partial charge in [0, 0.05) is 12.2 Å². The van der Waals surface area contributed by atoms with E-state index in [4.69, 9.17) is 5.73 Å². The molecule has 114 valence electrons. The zero-order valence-corrected chi connectivity index (χ0v) is 12.9. The first-order valence-corrected chi connectivity index (χ1v) is 7.54. The zero-order chi connectivity index (χ0) is 15.5. The molecule has 0 aliphatic rings. The summed E-state index contributed by atoms with van der Waals surface area (Å²) in [5.41, 5.74) is 8.62. The number of aliphatic hydroxyl groups excluding tert-OH is 1. The summed E-state index contributed by atoms with van der Waals surface area (Å²) in [5, 5.41) is 13.2. The summed E-state index contributed by atoms with van der Waals surface area (Å²) in [6.07, 6.45) is 0.481. The van der Waals surface area contributed by atoms with Crippen molar-refractivity contribution in [3.05, 3.63) is 65.7 Å². The molecule has 0 heterocycles. The summed E-state index contributed by atoms with van der Waals surface area (Å²) in [7, 11) is 0. The standard InChI is InChI=1S/C16H20N2O.C2H6/c17-15-8-6-13(7-9-15)10-11-18-12-16(19)14-4-2-1-3-5-14;1-2/h1-9,16,18-19H,10-12,17H2;1-2H3. The van der Waals surface area contributed by atoms with Crippen molar-refractivity contribution < 1.29 is 5.11 Å². The van der Waals surface area contributed by atoms with Crippen LogP contribution in [0.25, 0.3) is 0 Å². The van der Waals surface area contributed by atoms with Gasteiger partial charge in [0.05, 0.1) is 6.10 Å². The van der Waals surface area contributed by atoms with Crippen LogP contribution in [-0.2, 0) is 6.42 Å². The Hall–Kier alpha value is -1.84. The van der Waals surface area contributed by atoms with E-state index in [1.807, 2.05) is 68.4 Å². The summed E-state index contributed by atoms with van der Waals surface area (Å²) >= 11 is 0. The molecule has 21 heavy (non-hydrogen) atoms. The van der Waals surface area contributed by atoms with Crippen LogP contribution in [0.4, 0.5) is 5.69 Å². The summed E-state index contributed by atoms with van der Waals surface area (Å²) in [6.45, 7) is 5.41. The molecule has 2 aromatic carbocycles. The Kier molecular flexibility index (Phi) is 8.17. The maximum absolute atomic E-state index is 9.98. The van der Waals surface area contributed by atoms with Crippen LogP contribution in [0.2, 0.25) is 0 Å². The molecule has 0 aliphatic carbocycles. The fraction of sp³-hybridized carbons (Fsp3) is 0.333. The van der Waals surface area contributed by atoms with Crippen LogP contribution < -0.4 is 11.1 Å². The lowest BCUT2D eigenvalue weighted by Gasteiger charge is -2.12. The molecule has 0 spiro atoms. The minimum atomic E-state index is -0.451. The van der Waals surface area contributed by atoms with Crippen LogP contribution in [0.3, 0.4) is 0 Å². The molecular formula is C18H26N2O. The van der Waals surface area contributed by atoms with Gasteiger partial charge < -0.3 is 16.2 Å². The van der Waals surface area contributed by atoms with Crippen molar-refractivity contribution in [3.63, 3.8) is 0 Å². The van der Waals surface area contributed by atoms with E-state index in [0.717, 1.165) is 24.2 Å². The van der Waals surface area contributed by atoms with Gasteiger partial charge in [-0.25, -0.2) is 0 Å². The molecule has 3 nitrogen and oxygen atoms in total. The number of benzene rings is 2. The monoisotopic (exact) mass is 286 g/mol. The molecule has 0 aromatic heterocycles. The summed E-state index contributed by atoms with van der Waals surface area (Å²) < 4.78 is 0. The van der Waals surface area contributed by atoms with Gasteiger partial charge in [-0.05, 0) is 36.2 Å². The number of hydrogen-bond donors (Lipinski definition) is 3. The average Bonchev–Trinajstić information content (AvgIpc) is 2.56. The highest BCUT2D eigenvalue weighted by atomic mass is 16.3. The average molecular weight is 286 g/mol. The van der Waals surface area contributed by atoms with Crippen molar-refractivity contribution in [2.45, 2.75) is 26.4 Å². The van der Waals surface area contributed by atoms with Gasteiger partial charge in [-0.15, -0.1) is 0 Å². The molecule has 0 amide bonds. The molecule has 0 saturated carbocycles. The van der Waals surface area contributed by atoms with E-state index in [1.54, 1.807) is 0 Å². The van der Waals surface area contributed by atoms with Gasteiger partial charge in [0.1, 0.15) is 0 Å². The fourth-order valence-corrected chi connectivity index (χ4v) is 1.95. The minimum absolute atomic E-state index is 0.451. The van der Waals surface area contributed by atoms with E-state index >= 15 is 0 Å². The van der Waals surface area contributed by atoms with Crippen LogP contribution in [0, 0.1) is 0 Å². The highest BCUT2D eigenvalue weighted by molar-refractivity contribution is 5.39. The van der Waals surface area contributed by atoms with Crippen molar-refractivity contribution in [3.8, 4) is 0 Å². The molecule has 1 unspecified atom stereocenters. The second-order valence-electron chi connectivity index (χ2n) is 4.62. The van der Waals surface area contributed by atoms with Gasteiger partial charge >= 0.3 is 0 Å². The topological polar surface area (TPSA) is 58.3 Å². The number of anilines is 1. The predicted octanol–water partition coefficient (Wildman–Crippen LogP) is 3.16. The number of aliphatic hydroxyl groups is 1. The Bertz CT molecular complexity index is 482. The summed E-state index contributed by atoms with van der Waals surface area (Å²) in [5.74, 6) is 0. The van der Waals surface area contributed by atoms with Gasteiger partial charge in [-0.2, -0.15) is 0 Å². The maximum Gasteiger partial charge on any atom is 0.0914 e. The first kappa shape index (κ1) is 17.2. The van der Waals surface area contributed by atoms with Gasteiger partial charge in [0.2, 0.25) is 0 Å². The lowest BCUT2D eigenvalue weighted by atomic mass is 10.1. The molecule has 0 radical (unpaired) electrons. The third-order valence-electron chi connectivity index (χ3n) is 3.09. The molecule has 4 N–H and O–H groups in total. The Morgan fingerprint density at radius 2 is 1.62 bits per heavy atom. The zero-order valence-electron chi connectivity index (χ0n) is 12.9. The Morgan fingerprint density at radius 1 is 1.00 bits per heavy atom. The third kappa shape index (κ3) is 6.43. The highest BCUT2D eigenvalue weighted by Gasteiger charge is 2.05.